The van der Waals surface area contributed by atoms with Gasteiger partial charge in [-0.05, 0) is 210 Å². The maximum Gasteiger partial charge on any atom is 0.126 e. The molecule has 1 aliphatic heterocycles. The summed E-state index contributed by atoms with van der Waals surface area (Å²) in [6, 6.07) is 14.9. The molecule has 14 fully saturated rings. The molecule has 1 spiro atoms. The highest BCUT2D eigenvalue weighted by molar-refractivity contribution is 5.91. The molecule has 13 saturated carbocycles. The van der Waals surface area contributed by atoms with Crippen LogP contribution in [0.15, 0.2) is 58.7 Å². The van der Waals surface area contributed by atoms with Crippen molar-refractivity contribution in [3.63, 3.8) is 0 Å². The van der Waals surface area contributed by atoms with Gasteiger partial charge in [-0.3, -0.25) is 4.90 Å². The van der Waals surface area contributed by atoms with Crippen molar-refractivity contribution in [3.05, 3.63) is 64.3 Å². The van der Waals surface area contributed by atoms with Gasteiger partial charge in [0.2, 0.25) is 0 Å². The number of ether oxygens (including phenoxy) is 3. The van der Waals surface area contributed by atoms with Gasteiger partial charge in [-0.15, -0.1) is 0 Å². The van der Waals surface area contributed by atoms with Crippen LogP contribution in [0, 0.1) is 159 Å². The summed E-state index contributed by atoms with van der Waals surface area (Å²) in [5.74, 6) is 28.3. The van der Waals surface area contributed by atoms with Crippen molar-refractivity contribution in [1.29, 1.82) is 0 Å². The Morgan fingerprint density at radius 2 is 1.26 bits per heavy atom. The van der Waals surface area contributed by atoms with E-state index in [1.54, 1.807) is 37.7 Å². The minimum Gasteiger partial charge on any atom is -0.496 e. The van der Waals surface area contributed by atoms with Crippen LogP contribution in [0.2, 0.25) is 0 Å². The molecule has 316 valence electrons. The lowest BCUT2D eigenvalue weighted by atomic mass is 9.41. The molecule has 0 radical (unpaired) electrons. The molecule has 2 aromatic rings. The largest absolute Gasteiger partial charge is 0.496 e. The van der Waals surface area contributed by atoms with Crippen LogP contribution < -0.4 is 4.74 Å². The van der Waals surface area contributed by atoms with Crippen LogP contribution in [0.5, 0.6) is 5.75 Å². The lowest BCUT2D eigenvalue weighted by Crippen LogP contribution is -2.59. The second-order valence-electron chi connectivity index (χ2n) is 26.1. The summed E-state index contributed by atoms with van der Waals surface area (Å²) in [5.41, 5.74) is 10.6. The molecule has 19 rings (SSSR count). The molecule has 28 unspecified atom stereocenters. The Hall–Kier alpha value is -2.14. The second-order valence-corrected chi connectivity index (χ2v) is 26.1. The minimum atomic E-state index is 0.325. The molecular formula is C57H65NO3. The van der Waals surface area contributed by atoms with Crippen molar-refractivity contribution in [2.45, 2.75) is 57.4 Å². The first-order valence-corrected chi connectivity index (χ1v) is 26.5. The summed E-state index contributed by atoms with van der Waals surface area (Å²) >= 11 is 0. The lowest BCUT2D eigenvalue weighted by molar-refractivity contribution is -0.149. The molecule has 1 saturated heterocycles. The average Bonchev–Trinajstić information content (AvgIpc) is 4.14. The summed E-state index contributed by atoms with van der Waals surface area (Å²) in [4.78, 5) is 3.09. The molecule has 16 aliphatic carbocycles. The molecule has 2 aromatic carbocycles. The van der Waals surface area contributed by atoms with Gasteiger partial charge in [0, 0.05) is 48.9 Å². The molecule has 4 heteroatoms. The van der Waals surface area contributed by atoms with E-state index < -0.39 is 0 Å². The maximum atomic E-state index is 6.47. The van der Waals surface area contributed by atoms with E-state index in [0.717, 1.165) is 167 Å². The molecule has 0 aromatic heterocycles. The van der Waals surface area contributed by atoms with Crippen LogP contribution in [0.25, 0.3) is 10.8 Å². The van der Waals surface area contributed by atoms with Crippen molar-refractivity contribution in [2.75, 3.05) is 47.1 Å². The third-order valence-corrected chi connectivity index (χ3v) is 26.3. The predicted molar refractivity (Wildman–Crippen MR) is 232 cm³/mol. The van der Waals surface area contributed by atoms with Crippen molar-refractivity contribution in [2.24, 2.45) is 159 Å². The number of benzene rings is 2. The SMILES string of the molecule is COCCOCCN1CC2C3=C4C5C6=C(C3)CC3CC7CC8CC9CC%10CC%11CC2(C2C4C4C5C5C(C63)C7C3C8C9C6C%10C(C4C6C35)C%112)C1c1cccc2c(OC)cccc12. The molecule has 28 atom stereocenters. The molecule has 4 nitrogen and oxygen atoms in total. The van der Waals surface area contributed by atoms with Gasteiger partial charge in [0.05, 0.1) is 26.9 Å². The summed E-state index contributed by atoms with van der Waals surface area (Å²) in [5, 5.41) is 2.79. The quantitative estimate of drug-likeness (QED) is 0.196. The number of hydrogen-bond donors (Lipinski definition) is 0. The number of allylic oxidation sites excluding steroid dienone is 3. The van der Waals surface area contributed by atoms with E-state index in [1.807, 2.05) is 14.2 Å². The average molecular weight is 812 g/mol. The Bertz CT molecular complexity index is 2490. The van der Waals surface area contributed by atoms with Crippen LogP contribution in [0.3, 0.4) is 0 Å². The smallest absolute Gasteiger partial charge is 0.126 e. The highest BCUT2D eigenvalue weighted by Gasteiger charge is 2.88. The van der Waals surface area contributed by atoms with E-state index >= 15 is 0 Å². The summed E-state index contributed by atoms with van der Waals surface area (Å²) < 4.78 is 18.1. The first-order valence-electron chi connectivity index (χ1n) is 26.5. The highest BCUT2D eigenvalue weighted by Crippen LogP contribution is 2.93. The summed E-state index contributed by atoms with van der Waals surface area (Å²) in [6.07, 6.45) is 12.7. The van der Waals surface area contributed by atoms with Crippen LogP contribution in [-0.2, 0) is 9.47 Å². The van der Waals surface area contributed by atoms with Gasteiger partial charge in [-0.2, -0.15) is 0 Å². The third-order valence-electron chi connectivity index (χ3n) is 26.3. The van der Waals surface area contributed by atoms with E-state index in [2.05, 4.69) is 63.6 Å². The first-order chi connectivity index (χ1) is 30.2. The summed E-state index contributed by atoms with van der Waals surface area (Å²) in [6.45, 7) is 4.50. The first kappa shape index (κ1) is 33.4. The van der Waals surface area contributed by atoms with Crippen molar-refractivity contribution in [1.82, 2.24) is 4.90 Å². The van der Waals surface area contributed by atoms with Crippen molar-refractivity contribution >= 4 is 10.8 Å². The minimum absolute atomic E-state index is 0.325. The molecule has 17 aliphatic rings. The molecule has 0 bridgehead atoms. The van der Waals surface area contributed by atoms with E-state index in [1.165, 1.54) is 36.6 Å². The fraction of sp³-hybridized carbons (Fsp3) is 0.754. The van der Waals surface area contributed by atoms with E-state index in [-0.39, 0.29) is 0 Å². The molecule has 61 heavy (non-hydrogen) atoms. The third kappa shape index (κ3) is 3.19. The maximum absolute atomic E-state index is 6.47. The van der Waals surface area contributed by atoms with E-state index in [0.29, 0.717) is 30.6 Å². The number of fused-ring (bicyclic) bond motifs is 2. The van der Waals surface area contributed by atoms with Crippen LogP contribution in [0.1, 0.15) is 63.0 Å². The highest BCUT2D eigenvalue weighted by atomic mass is 16.5. The van der Waals surface area contributed by atoms with Crippen LogP contribution >= 0.6 is 0 Å². The Balaban J connectivity index is 0.888. The topological polar surface area (TPSA) is 30.9 Å². The van der Waals surface area contributed by atoms with Crippen LogP contribution in [0.4, 0.5) is 0 Å². The molecule has 0 N–H and O–H groups in total. The Morgan fingerprint density at radius 3 is 2.07 bits per heavy atom. The zero-order valence-corrected chi connectivity index (χ0v) is 36.4. The zero-order chi connectivity index (χ0) is 38.8. The van der Waals surface area contributed by atoms with Gasteiger partial charge < -0.3 is 14.2 Å². The molecule has 0 amide bonds. The summed E-state index contributed by atoms with van der Waals surface area (Å²) in [7, 11) is 3.71. The van der Waals surface area contributed by atoms with Gasteiger partial charge in [0.15, 0.2) is 0 Å². The van der Waals surface area contributed by atoms with E-state index in [4.69, 9.17) is 14.2 Å². The monoisotopic (exact) mass is 811 g/mol. The number of hydrogen-bond acceptors (Lipinski definition) is 4. The van der Waals surface area contributed by atoms with E-state index in [9.17, 15) is 0 Å². The number of methoxy groups -OCH3 is 2. The fourth-order valence-corrected chi connectivity index (χ4v) is 27.3. The number of likely N-dealkylation sites (tertiary alicyclic amines) is 1. The Kier molecular flexibility index (Phi) is 5.71. The zero-order valence-electron chi connectivity index (χ0n) is 36.4. The standard InChI is InChI=1S/C57H65NO3/c1-59-11-12-61-10-9-58-21-33-32-19-27-17-24-15-25-14-22-13-23-16-26-18-28-20-57(33,56(58)31-7-3-6-30-29(31)5-4-8-34(30)60-2)55-41(28)46-40(26)45-36(23)35(22)43-39(25)44-37(24)38(27)47-42(32)54(55)53-51(46)49(45)48(43)50(44)52(47)53/h3-8,22-26,28,33,35-37,39-41,43-56H,9-21H2,1-2H3. The normalized spacial score (nSPS) is 61.1. The van der Waals surface area contributed by atoms with Gasteiger partial charge in [-0.25, -0.2) is 0 Å². The lowest BCUT2D eigenvalue weighted by Gasteiger charge is -2.62. The van der Waals surface area contributed by atoms with Crippen LogP contribution in [-0.4, -0.2) is 52.0 Å². The van der Waals surface area contributed by atoms with Crippen molar-refractivity contribution < 1.29 is 14.2 Å². The number of nitrogens with zero attached hydrogens (tertiary/aromatic N) is 1. The van der Waals surface area contributed by atoms with Gasteiger partial charge in [0.25, 0.3) is 0 Å². The fourth-order valence-electron chi connectivity index (χ4n) is 27.3. The van der Waals surface area contributed by atoms with Gasteiger partial charge >= 0.3 is 0 Å². The molecule has 1 heterocycles. The van der Waals surface area contributed by atoms with Crippen molar-refractivity contribution in [3.8, 4) is 5.75 Å². The molecular weight excluding hydrogens is 747 g/mol. The Labute approximate surface area is 362 Å². The van der Waals surface area contributed by atoms with Gasteiger partial charge in [0.1, 0.15) is 5.75 Å². The second kappa shape index (κ2) is 10.4. The Morgan fingerprint density at radius 1 is 0.607 bits per heavy atom. The number of rotatable bonds is 8. The predicted octanol–water partition coefficient (Wildman–Crippen LogP) is 9.81. The van der Waals surface area contributed by atoms with Gasteiger partial charge in [-0.1, -0.05) is 52.6 Å².